The van der Waals surface area contributed by atoms with E-state index in [-0.39, 0.29) is 24.4 Å². The van der Waals surface area contributed by atoms with E-state index in [2.05, 4.69) is 24.0 Å². The van der Waals surface area contributed by atoms with E-state index in [0.717, 1.165) is 41.7 Å². The van der Waals surface area contributed by atoms with Crippen LogP contribution in [0.4, 0.5) is 4.79 Å². The van der Waals surface area contributed by atoms with Crippen molar-refractivity contribution in [1.29, 1.82) is 0 Å². The highest BCUT2D eigenvalue weighted by Crippen LogP contribution is 2.39. The summed E-state index contributed by atoms with van der Waals surface area (Å²) in [7, 11) is 1.69. The summed E-state index contributed by atoms with van der Waals surface area (Å²) in [4.78, 5) is 48.3. The molecule has 1 saturated carbocycles. The second-order valence-corrected chi connectivity index (χ2v) is 9.11. The van der Waals surface area contributed by atoms with Crippen molar-refractivity contribution in [3.63, 3.8) is 0 Å². The zero-order chi connectivity index (χ0) is 23.4. The van der Waals surface area contributed by atoms with Gasteiger partial charge in [-0.25, -0.2) is 4.79 Å². The summed E-state index contributed by atoms with van der Waals surface area (Å²) in [6.07, 6.45) is 8.64. The zero-order valence-corrected chi connectivity index (χ0v) is 19.5. The first-order valence-electron chi connectivity index (χ1n) is 11.8. The van der Waals surface area contributed by atoms with Crippen LogP contribution in [0.1, 0.15) is 55.7 Å². The van der Waals surface area contributed by atoms with Gasteiger partial charge in [-0.3, -0.25) is 19.5 Å². The van der Waals surface area contributed by atoms with Crippen LogP contribution in [0, 0.1) is 0 Å². The van der Waals surface area contributed by atoms with Crippen LogP contribution < -0.4 is 0 Å². The summed E-state index contributed by atoms with van der Waals surface area (Å²) in [5.41, 5.74) is 2.36. The van der Waals surface area contributed by atoms with Gasteiger partial charge >= 0.3 is 6.03 Å². The van der Waals surface area contributed by atoms with Crippen molar-refractivity contribution < 1.29 is 14.4 Å². The van der Waals surface area contributed by atoms with Crippen molar-refractivity contribution in [2.75, 3.05) is 13.6 Å². The number of carbonyl (C=O) groups is 3. The van der Waals surface area contributed by atoms with Crippen molar-refractivity contribution in [2.45, 2.75) is 64.1 Å². The van der Waals surface area contributed by atoms with Crippen LogP contribution in [0.3, 0.4) is 0 Å². The van der Waals surface area contributed by atoms with Gasteiger partial charge in [-0.1, -0.05) is 56.5 Å². The molecule has 7 heteroatoms. The van der Waals surface area contributed by atoms with E-state index < -0.39 is 5.54 Å². The average Bonchev–Trinajstić information content (AvgIpc) is 3.01. The number of benzene rings is 1. The first-order valence-corrected chi connectivity index (χ1v) is 11.8. The Balaban J connectivity index is 1.54. The largest absolute Gasteiger partial charge is 0.332 e. The van der Waals surface area contributed by atoms with Crippen LogP contribution in [-0.2, 0) is 29.1 Å². The number of likely N-dealkylation sites (N-methyl/N-ethyl adjacent to an activating group) is 1. The van der Waals surface area contributed by atoms with Crippen molar-refractivity contribution in [3.05, 3.63) is 65.5 Å². The number of aromatic nitrogens is 1. The first kappa shape index (κ1) is 23.0. The molecule has 2 heterocycles. The quantitative estimate of drug-likeness (QED) is 0.605. The molecule has 1 aliphatic carbocycles. The van der Waals surface area contributed by atoms with Crippen molar-refractivity contribution in [1.82, 2.24) is 19.7 Å². The van der Waals surface area contributed by atoms with Gasteiger partial charge < -0.3 is 9.80 Å². The molecule has 1 aliphatic heterocycles. The minimum atomic E-state index is -0.778. The molecule has 4 rings (SSSR count). The van der Waals surface area contributed by atoms with Gasteiger partial charge in [0.25, 0.3) is 5.91 Å². The summed E-state index contributed by atoms with van der Waals surface area (Å²) < 4.78 is 0. The number of pyridine rings is 1. The van der Waals surface area contributed by atoms with Gasteiger partial charge in [0.15, 0.2) is 0 Å². The predicted molar refractivity (Wildman–Crippen MR) is 125 cm³/mol. The predicted octanol–water partition coefficient (Wildman–Crippen LogP) is 3.77. The molecular formula is C26H32N4O3. The molecule has 33 heavy (non-hydrogen) atoms. The molecule has 0 bridgehead atoms. The van der Waals surface area contributed by atoms with E-state index in [1.165, 1.54) is 5.56 Å². The number of hydrogen-bond donors (Lipinski definition) is 0. The molecule has 2 fully saturated rings. The normalized spacial score (nSPS) is 17.6. The summed E-state index contributed by atoms with van der Waals surface area (Å²) in [5, 5.41) is 0. The van der Waals surface area contributed by atoms with E-state index in [1.807, 2.05) is 24.3 Å². The average molecular weight is 449 g/mol. The number of urea groups is 1. The van der Waals surface area contributed by atoms with Gasteiger partial charge in [0.1, 0.15) is 12.1 Å². The van der Waals surface area contributed by atoms with E-state index >= 15 is 0 Å². The third kappa shape index (κ3) is 4.63. The Morgan fingerprint density at radius 3 is 2.30 bits per heavy atom. The number of hydrogen-bond acceptors (Lipinski definition) is 4. The zero-order valence-electron chi connectivity index (χ0n) is 19.5. The SMILES string of the molecule is CCc1ccc(CN(Cc2cccnc2)C(=O)CN2C(=O)N(C)C3(CCCCC3)C2=O)cc1. The van der Waals surface area contributed by atoms with Gasteiger partial charge in [0, 0.05) is 32.5 Å². The van der Waals surface area contributed by atoms with Crippen LogP contribution in [-0.4, -0.2) is 56.7 Å². The first-order chi connectivity index (χ1) is 15.9. The second-order valence-electron chi connectivity index (χ2n) is 9.11. The van der Waals surface area contributed by atoms with E-state index in [9.17, 15) is 14.4 Å². The maximum Gasteiger partial charge on any atom is 0.327 e. The Morgan fingerprint density at radius 1 is 1.00 bits per heavy atom. The molecule has 7 nitrogen and oxygen atoms in total. The number of carbonyl (C=O) groups excluding carboxylic acids is 3. The molecule has 2 aromatic rings. The number of rotatable bonds is 7. The highest BCUT2D eigenvalue weighted by atomic mass is 16.2. The van der Waals surface area contributed by atoms with E-state index in [4.69, 9.17) is 0 Å². The number of nitrogens with zero attached hydrogens (tertiary/aromatic N) is 4. The molecule has 0 N–H and O–H groups in total. The van der Waals surface area contributed by atoms with Crippen LogP contribution in [0.25, 0.3) is 0 Å². The molecule has 0 radical (unpaired) electrons. The molecule has 1 saturated heterocycles. The number of imide groups is 1. The number of aryl methyl sites for hydroxylation is 1. The molecule has 1 spiro atoms. The van der Waals surface area contributed by atoms with E-state index in [1.54, 1.807) is 29.2 Å². The van der Waals surface area contributed by atoms with Crippen molar-refractivity contribution in [2.24, 2.45) is 0 Å². The van der Waals surface area contributed by atoms with Gasteiger partial charge in [-0.05, 0) is 42.0 Å². The lowest BCUT2D eigenvalue weighted by Crippen LogP contribution is -2.49. The van der Waals surface area contributed by atoms with Crippen LogP contribution in [0.15, 0.2) is 48.8 Å². The fraction of sp³-hybridized carbons (Fsp3) is 0.462. The standard InChI is InChI=1S/C26H32N4O3/c1-3-20-9-11-21(12-10-20)17-29(18-22-8-7-15-27-16-22)23(31)19-30-24(32)26(28(2)25(30)33)13-5-4-6-14-26/h7-12,15-16H,3-6,13-14,17-19H2,1-2H3. The lowest BCUT2D eigenvalue weighted by molar-refractivity contribution is -0.141. The Hall–Kier alpha value is -3.22. The van der Waals surface area contributed by atoms with Gasteiger partial charge in [0.05, 0.1) is 0 Å². The fourth-order valence-corrected chi connectivity index (χ4v) is 4.95. The van der Waals surface area contributed by atoms with Crippen LogP contribution >= 0.6 is 0 Å². The Bertz CT molecular complexity index is 1000. The number of amides is 4. The molecule has 174 valence electrons. The Kier molecular flexibility index (Phi) is 6.77. The lowest BCUT2D eigenvalue weighted by Gasteiger charge is -2.35. The molecular weight excluding hydrogens is 416 g/mol. The Morgan fingerprint density at radius 2 is 1.67 bits per heavy atom. The van der Waals surface area contributed by atoms with Crippen LogP contribution in [0.2, 0.25) is 0 Å². The summed E-state index contributed by atoms with van der Waals surface area (Å²) in [6.45, 7) is 2.62. The van der Waals surface area contributed by atoms with Gasteiger partial charge in [-0.15, -0.1) is 0 Å². The van der Waals surface area contributed by atoms with Gasteiger partial charge in [0.2, 0.25) is 5.91 Å². The third-order valence-corrected chi connectivity index (χ3v) is 7.03. The monoisotopic (exact) mass is 448 g/mol. The maximum atomic E-state index is 13.4. The summed E-state index contributed by atoms with van der Waals surface area (Å²) in [5.74, 6) is -0.474. The molecule has 1 aromatic heterocycles. The van der Waals surface area contributed by atoms with Gasteiger partial charge in [-0.2, -0.15) is 0 Å². The second kappa shape index (κ2) is 9.73. The summed E-state index contributed by atoms with van der Waals surface area (Å²) >= 11 is 0. The van der Waals surface area contributed by atoms with E-state index in [0.29, 0.717) is 25.9 Å². The minimum absolute atomic E-state index is 0.225. The molecule has 1 aromatic carbocycles. The van der Waals surface area contributed by atoms with Crippen molar-refractivity contribution >= 4 is 17.8 Å². The highest BCUT2D eigenvalue weighted by Gasteiger charge is 2.56. The molecule has 2 aliphatic rings. The minimum Gasteiger partial charge on any atom is -0.332 e. The molecule has 0 atom stereocenters. The Labute approximate surface area is 195 Å². The molecule has 4 amide bonds. The lowest BCUT2D eigenvalue weighted by atomic mass is 9.81. The topological polar surface area (TPSA) is 73.8 Å². The van der Waals surface area contributed by atoms with Crippen LogP contribution in [0.5, 0.6) is 0 Å². The third-order valence-electron chi connectivity index (χ3n) is 7.03. The molecule has 0 unspecified atom stereocenters. The fourth-order valence-electron chi connectivity index (χ4n) is 4.95. The van der Waals surface area contributed by atoms with Crippen molar-refractivity contribution in [3.8, 4) is 0 Å². The smallest absolute Gasteiger partial charge is 0.327 e. The summed E-state index contributed by atoms with van der Waals surface area (Å²) in [6, 6.07) is 11.6. The highest BCUT2D eigenvalue weighted by molar-refractivity contribution is 6.08. The maximum absolute atomic E-state index is 13.4.